The monoisotopic (exact) mass is 551 g/mol. The third-order valence-corrected chi connectivity index (χ3v) is 7.55. The number of halogens is 1. The number of fused-ring (bicyclic) bond motifs is 4. The van der Waals surface area contributed by atoms with Crippen LogP contribution in [0.15, 0.2) is 65.1 Å². The second kappa shape index (κ2) is 8.84. The van der Waals surface area contributed by atoms with E-state index in [0.29, 0.717) is 16.6 Å². The number of hydrogen-bond donors (Lipinski definition) is 2. The van der Waals surface area contributed by atoms with Gasteiger partial charge >= 0.3 is 0 Å². The quantitative estimate of drug-likeness (QED) is 0.395. The Morgan fingerprint density at radius 3 is 2.60 bits per heavy atom. The van der Waals surface area contributed by atoms with Crippen LogP contribution in [0.3, 0.4) is 0 Å². The van der Waals surface area contributed by atoms with Gasteiger partial charge in [0.1, 0.15) is 5.92 Å². The maximum Gasteiger partial charge on any atom is 0.236 e. The number of hydrogen-bond acceptors (Lipinski definition) is 4. The molecule has 0 radical (unpaired) electrons. The molecular formula is C27H26BrN3O3S. The minimum absolute atomic E-state index is 0.157. The normalized spacial score (nSPS) is 22.5. The highest BCUT2D eigenvalue weighted by atomic mass is 79.9. The van der Waals surface area contributed by atoms with Crippen LogP contribution in [0.5, 0.6) is 11.5 Å². The van der Waals surface area contributed by atoms with Crippen molar-refractivity contribution in [2.75, 3.05) is 17.3 Å². The van der Waals surface area contributed by atoms with Crippen LogP contribution in [0, 0.1) is 19.8 Å². The summed E-state index contributed by atoms with van der Waals surface area (Å²) in [5.41, 5.74) is 3.44. The van der Waals surface area contributed by atoms with Gasteiger partial charge in [0.15, 0.2) is 22.3 Å². The fourth-order valence-corrected chi connectivity index (χ4v) is 5.75. The van der Waals surface area contributed by atoms with Gasteiger partial charge < -0.3 is 20.1 Å². The lowest BCUT2D eigenvalue weighted by molar-refractivity contribution is -0.130. The molecule has 2 aliphatic rings. The molecule has 0 unspecified atom stereocenters. The van der Waals surface area contributed by atoms with E-state index in [9.17, 15) is 4.79 Å². The van der Waals surface area contributed by atoms with Crippen molar-refractivity contribution in [2.45, 2.75) is 32.5 Å². The zero-order chi connectivity index (χ0) is 24.9. The van der Waals surface area contributed by atoms with Crippen molar-refractivity contribution >= 4 is 50.5 Å². The molecule has 5 rings (SSSR count). The molecule has 3 aromatic rings. The molecule has 3 atom stereocenters. The van der Waals surface area contributed by atoms with Crippen molar-refractivity contribution in [3.8, 4) is 11.5 Å². The Balaban J connectivity index is 1.64. The minimum Gasteiger partial charge on any atom is -0.493 e. The highest BCUT2D eigenvalue weighted by Gasteiger charge is 2.59. The zero-order valence-corrected chi connectivity index (χ0v) is 22.3. The number of nitrogens with zero attached hydrogens (tertiary/aromatic N) is 1. The summed E-state index contributed by atoms with van der Waals surface area (Å²) in [5, 5.41) is 7.07. The fraction of sp³-hybridized carbons (Fsp3) is 0.259. The summed E-state index contributed by atoms with van der Waals surface area (Å²) < 4.78 is 13.3. The molecule has 1 saturated heterocycles. The molecule has 0 spiro atoms. The Kier molecular flexibility index (Phi) is 5.97. The van der Waals surface area contributed by atoms with Crippen LogP contribution in [0.1, 0.15) is 29.7 Å². The third-order valence-electron chi connectivity index (χ3n) is 6.72. The van der Waals surface area contributed by atoms with Gasteiger partial charge in [-0.3, -0.25) is 9.69 Å². The first-order valence-corrected chi connectivity index (χ1v) is 12.5. The van der Waals surface area contributed by atoms with E-state index in [-0.39, 0.29) is 5.91 Å². The van der Waals surface area contributed by atoms with E-state index in [1.165, 1.54) is 0 Å². The summed E-state index contributed by atoms with van der Waals surface area (Å²) in [6.07, 6.45) is 0. The average molecular weight is 552 g/mol. The van der Waals surface area contributed by atoms with Crippen LogP contribution in [0.4, 0.5) is 11.4 Å². The first kappa shape index (κ1) is 23.6. The van der Waals surface area contributed by atoms with Gasteiger partial charge in [-0.2, -0.15) is 0 Å². The molecule has 3 aromatic carbocycles. The number of ether oxygens (including phenoxy) is 2. The first-order chi connectivity index (χ1) is 16.7. The Hall–Kier alpha value is -3.10. The number of rotatable bonds is 4. The summed E-state index contributed by atoms with van der Waals surface area (Å²) in [6, 6.07) is 19.1. The molecule has 0 aromatic heterocycles. The second-order valence-electron chi connectivity index (χ2n) is 9.06. The predicted molar refractivity (Wildman–Crippen MR) is 145 cm³/mol. The molecule has 0 saturated carbocycles. The van der Waals surface area contributed by atoms with Crippen LogP contribution in [-0.4, -0.2) is 23.9 Å². The van der Waals surface area contributed by atoms with Gasteiger partial charge in [-0.05, 0) is 75.0 Å². The molecule has 2 aliphatic heterocycles. The summed E-state index contributed by atoms with van der Waals surface area (Å²) in [5.74, 6) is 0.431. The van der Waals surface area contributed by atoms with Crippen molar-refractivity contribution in [3.05, 3.63) is 81.8 Å². The van der Waals surface area contributed by atoms with Gasteiger partial charge in [0.05, 0.1) is 13.2 Å². The molecule has 1 amide bonds. The van der Waals surface area contributed by atoms with E-state index in [0.717, 1.165) is 32.5 Å². The van der Waals surface area contributed by atoms with Gasteiger partial charge in [0.2, 0.25) is 5.91 Å². The third kappa shape index (κ3) is 3.94. The molecule has 180 valence electrons. The number of methoxy groups -OCH3 is 1. The Morgan fingerprint density at radius 2 is 1.91 bits per heavy atom. The summed E-state index contributed by atoms with van der Waals surface area (Å²) >= 11 is 9.32. The number of amides is 1. The lowest BCUT2D eigenvalue weighted by Crippen LogP contribution is -2.72. The van der Waals surface area contributed by atoms with Crippen LogP contribution in [0.2, 0.25) is 0 Å². The minimum atomic E-state index is -1.12. The van der Waals surface area contributed by atoms with Crippen molar-refractivity contribution in [2.24, 2.45) is 5.92 Å². The first-order valence-electron chi connectivity index (χ1n) is 11.3. The topological polar surface area (TPSA) is 62.8 Å². The molecule has 8 heteroatoms. The lowest BCUT2D eigenvalue weighted by atomic mass is 9.78. The van der Waals surface area contributed by atoms with Crippen molar-refractivity contribution in [3.63, 3.8) is 0 Å². The highest BCUT2D eigenvalue weighted by molar-refractivity contribution is 9.10. The summed E-state index contributed by atoms with van der Waals surface area (Å²) in [4.78, 5) is 15.9. The molecule has 2 bridgehead atoms. The van der Waals surface area contributed by atoms with Crippen molar-refractivity contribution in [1.82, 2.24) is 5.32 Å². The standard InChI is InChI=1S/C27H26BrN3O3S/c1-15-8-13-20(16(2)14-15)29-25(32)22-23-19-6-5-7-21(33-4)24(19)34-27(22,3)31(26(35)30-23)18-11-9-17(28)10-12-18/h5-14,22-23H,1-4H3,(H,29,32)(H,30,35)/t22-,23-,27-/m1/s1. The molecule has 0 aliphatic carbocycles. The largest absolute Gasteiger partial charge is 0.493 e. The van der Waals surface area contributed by atoms with Crippen molar-refractivity contribution < 1.29 is 14.3 Å². The van der Waals surface area contributed by atoms with Crippen molar-refractivity contribution in [1.29, 1.82) is 0 Å². The summed E-state index contributed by atoms with van der Waals surface area (Å²) in [7, 11) is 1.61. The number of nitrogens with one attached hydrogen (secondary N) is 2. The highest BCUT2D eigenvalue weighted by Crippen LogP contribution is 2.52. The SMILES string of the molecule is COc1cccc2c1O[C@]1(C)[C@@H](C(=O)Nc3ccc(C)cc3C)[C@@H]2NC(=S)N1c1ccc(Br)cc1. The molecule has 35 heavy (non-hydrogen) atoms. The molecule has 6 nitrogen and oxygen atoms in total. The van der Waals surface area contributed by atoms with E-state index < -0.39 is 17.7 Å². The Morgan fingerprint density at radius 1 is 1.17 bits per heavy atom. The number of carbonyl (C=O) groups is 1. The van der Waals surface area contributed by atoms with Crippen LogP contribution < -0.4 is 25.0 Å². The van der Waals surface area contributed by atoms with Gasteiger partial charge in [0.25, 0.3) is 0 Å². The molecule has 2 heterocycles. The predicted octanol–water partition coefficient (Wildman–Crippen LogP) is 5.87. The summed E-state index contributed by atoms with van der Waals surface area (Å²) in [6.45, 7) is 5.94. The lowest BCUT2D eigenvalue weighted by Gasteiger charge is -2.56. The van der Waals surface area contributed by atoms with Gasteiger partial charge in [-0.1, -0.05) is 45.8 Å². The zero-order valence-electron chi connectivity index (χ0n) is 19.9. The number of anilines is 2. The van der Waals surface area contributed by atoms with Crippen LogP contribution in [-0.2, 0) is 4.79 Å². The van der Waals surface area contributed by atoms with Gasteiger partial charge in [-0.25, -0.2) is 0 Å². The van der Waals surface area contributed by atoms with E-state index in [2.05, 4.69) is 32.6 Å². The van der Waals surface area contributed by atoms with Crippen LogP contribution in [0.25, 0.3) is 0 Å². The fourth-order valence-electron chi connectivity index (χ4n) is 5.07. The number of para-hydroxylation sites is 1. The Labute approximate surface area is 218 Å². The molecule has 2 N–H and O–H groups in total. The van der Waals surface area contributed by atoms with E-state index in [4.69, 9.17) is 21.7 Å². The second-order valence-corrected chi connectivity index (χ2v) is 10.4. The van der Waals surface area contributed by atoms with E-state index in [1.807, 2.05) is 80.3 Å². The number of aryl methyl sites for hydroxylation is 2. The number of thiocarbonyl (C=S) groups is 1. The maximum atomic E-state index is 14.0. The van der Waals surface area contributed by atoms with E-state index >= 15 is 0 Å². The van der Waals surface area contributed by atoms with Crippen LogP contribution >= 0.6 is 28.1 Å². The molecular weight excluding hydrogens is 526 g/mol. The smallest absolute Gasteiger partial charge is 0.236 e. The van der Waals surface area contributed by atoms with Gasteiger partial charge in [-0.15, -0.1) is 0 Å². The number of benzene rings is 3. The number of carbonyl (C=O) groups excluding carboxylic acids is 1. The Bertz CT molecular complexity index is 1330. The van der Waals surface area contributed by atoms with E-state index in [1.54, 1.807) is 7.11 Å². The van der Waals surface area contributed by atoms with Gasteiger partial charge in [0, 0.05) is 21.4 Å². The maximum absolute atomic E-state index is 14.0. The average Bonchev–Trinajstić information content (AvgIpc) is 2.81. The molecule has 1 fully saturated rings.